The van der Waals surface area contributed by atoms with Crippen molar-refractivity contribution in [1.82, 2.24) is 0 Å². The van der Waals surface area contributed by atoms with Crippen molar-refractivity contribution in [3.63, 3.8) is 0 Å². The molecule has 2 heterocycles. The summed E-state index contributed by atoms with van der Waals surface area (Å²) in [6.07, 6.45) is 1.51. The Bertz CT molecular complexity index is 819. The molecule has 2 N–H and O–H groups in total. The average molecular weight is 731 g/mol. The van der Waals surface area contributed by atoms with Gasteiger partial charge in [-0.3, -0.25) is 0 Å². The molecule has 0 aromatic heterocycles. The average Bonchev–Trinajstić information content (AvgIpc) is 2.79. The zero-order valence-corrected chi connectivity index (χ0v) is 28.8. The third kappa shape index (κ3) is 13.8. The smallest absolute Gasteiger partial charge is 0.244 e. The van der Waals surface area contributed by atoms with Crippen molar-refractivity contribution >= 4 is 15.8 Å². The summed E-state index contributed by atoms with van der Waals surface area (Å²) < 4.78 is 61.9. The van der Waals surface area contributed by atoms with Gasteiger partial charge in [-0.25, -0.2) is 10.5 Å². The number of halogens is 6. The van der Waals surface area contributed by atoms with Crippen molar-refractivity contribution in [2.75, 3.05) is 0 Å². The minimum Gasteiger partial charge on any atom is -0.244 e. The van der Waals surface area contributed by atoms with Crippen LogP contribution in [0.4, 0.5) is 26.3 Å². The Morgan fingerprint density at radius 1 is 0.610 bits per heavy atom. The fraction of sp³-hybridized carbons (Fsp3) is 0.786. The first-order chi connectivity index (χ1) is 18.0. The molecule has 2 aliphatic heterocycles. The molecule has 1 aromatic rings. The Hall–Kier alpha value is 0.162. The fourth-order valence-electron chi connectivity index (χ4n) is 6.62. The second-order valence-corrected chi connectivity index (χ2v) is 21.4. The molecule has 2 fully saturated rings. The maximum Gasteiger partial charge on any atom is 0.549 e. The summed E-state index contributed by atoms with van der Waals surface area (Å²) in [6, 6.07) is 9.58. The molecule has 0 saturated carbocycles. The molecule has 3 rings (SSSR count). The summed E-state index contributed by atoms with van der Waals surface area (Å²) in [5.74, 6) is 0. The molecule has 41 heavy (non-hydrogen) atoms. The molecule has 0 unspecified atom stereocenters. The van der Waals surface area contributed by atoms with E-state index in [1.54, 1.807) is 11.1 Å². The summed E-state index contributed by atoms with van der Waals surface area (Å²) in [5, 5.41) is 15.8. The molecule has 13 heteroatoms. The van der Waals surface area contributed by atoms with E-state index in [-0.39, 0.29) is 20.4 Å². The molecule has 0 aliphatic carbocycles. The minimum atomic E-state index is -4.90. The van der Waals surface area contributed by atoms with Gasteiger partial charge in [0.05, 0.1) is 32.9 Å². The Labute approximate surface area is 257 Å². The fourth-order valence-corrected chi connectivity index (χ4v) is 15.6. The maximum absolute atomic E-state index is 10.3. The van der Waals surface area contributed by atoms with Crippen molar-refractivity contribution in [2.24, 2.45) is 0 Å². The number of rotatable bonds is 4. The van der Waals surface area contributed by atoms with Gasteiger partial charge in [-0.15, -0.1) is 36.1 Å². The largest absolute Gasteiger partial charge is 0.549 e. The van der Waals surface area contributed by atoms with E-state index < -0.39 is 28.6 Å². The van der Waals surface area contributed by atoms with E-state index in [1.807, 2.05) is 9.78 Å². The summed E-state index contributed by atoms with van der Waals surface area (Å²) in [4.78, 5) is 3.88. The van der Waals surface area contributed by atoms with Crippen molar-refractivity contribution in [3.05, 3.63) is 35.4 Å². The molecule has 0 atom stereocenters. The van der Waals surface area contributed by atoms with E-state index >= 15 is 0 Å². The first-order valence-corrected chi connectivity index (χ1v) is 17.0. The van der Waals surface area contributed by atoms with Crippen LogP contribution in [-0.2, 0) is 42.5 Å². The first-order valence-electron chi connectivity index (χ1n) is 13.6. The normalized spacial score (nSPS) is 21.9. The second kappa shape index (κ2) is 15.9. The number of benzene rings is 1. The van der Waals surface area contributed by atoms with Gasteiger partial charge in [-0.2, -0.15) is 0 Å². The molecule has 244 valence electrons. The van der Waals surface area contributed by atoms with Crippen LogP contribution in [0, 0.1) is 0 Å². The number of alkyl halides is 6. The summed E-state index contributed by atoms with van der Waals surface area (Å²) >= 11 is 0. The van der Waals surface area contributed by atoms with Crippen LogP contribution >= 0.6 is 15.8 Å². The summed E-state index contributed by atoms with van der Waals surface area (Å²) in [5.41, 5.74) is 3.41. The van der Waals surface area contributed by atoms with E-state index in [0.29, 0.717) is 20.6 Å². The molecule has 0 radical (unpaired) electrons. The van der Waals surface area contributed by atoms with Gasteiger partial charge in [0.2, 0.25) is 0 Å². The number of hydrogen-bond acceptors (Lipinski definition) is 4. The molecular formula is C28H48F6O4P2Pd+2. The van der Waals surface area contributed by atoms with Crippen molar-refractivity contribution in [2.45, 2.75) is 140 Å². The van der Waals surface area contributed by atoms with Crippen LogP contribution < -0.4 is 0 Å². The third-order valence-electron chi connectivity index (χ3n) is 8.53. The van der Waals surface area contributed by atoms with Crippen LogP contribution in [0.1, 0.15) is 105 Å². The first kappa shape index (κ1) is 41.2. The van der Waals surface area contributed by atoms with Crippen LogP contribution in [0.3, 0.4) is 0 Å². The number of hydrogen-bond donors (Lipinski definition) is 2. The monoisotopic (exact) mass is 730 g/mol. The molecule has 0 bridgehead atoms. The van der Waals surface area contributed by atoms with Gasteiger partial charge in [0.15, 0.2) is 0 Å². The zero-order valence-electron chi connectivity index (χ0n) is 25.3. The van der Waals surface area contributed by atoms with Gasteiger partial charge in [0, 0.05) is 36.3 Å². The van der Waals surface area contributed by atoms with E-state index in [0.717, 1.165) is 0 Å². The van der Waals surface area contributed by atoms with Crippen LogP contribution in [0.25, 0.3) is 0 Å². The zero-order chi connectivity index (χ0) is 31.2. The quantitative estimate of drug-likeness (QED) is 0.106. The molecule has 4 nitrogen and oxygen atoms in total. The van der Waals surface area contributed by atoms with E-state index in [4.69, 9.17) is 10.5 Å². The SMILES string of the molecule is CC1(C)CCCC(C)(C)[PH+]1Cc1ccccc1C[PH+]1C(C)(C)CCCC1(C)C.OOC(F)(F)F.OOC(F)(F)F.[Pd]. The van der Waals surface area contributed by atoms with Crippen molar-refractivity contribution in [1.29, 1.82) is 0 Å². The van der Waals surface area contributed by atoms with E-state index in [9.17, 15) is 26.3 Å². The Morgan fingerprint density at radius 3 is 1.02 bits per heavy atom. The van der Waals surface area contributed by atoms with Gasteiger partial charge >= 0.3 is 12.7 Å². The minimum absolute atomic E-state index is 0. The molecule has 0 amide bonds. The van der Waals surface area contributed by atoms with Gasteiger partial charge < -0.3 is 0 Å². The standard InChI is InChI=1S/C26H44P2.2CHF3O2.Pd/c1-23(2)15-11-16-24(3,4)27(23)19-21-13-9-10-14-22(21)20-28-25(5,6)17-12-18-26(28,7)8;2*2-1(3,4)6-5;/h9-10,13-14H,11-12,15-20H2,1-8H3;2*5H;/p+2. The maximum atomic E-state index is 10.3. The molecular weight excluding hydrogens is 683 g/mol. The van der Waals surface area contributed by atoms with Crippen LogP contribution in [0.2, 0.25) is 0 Å². The van der Waals surface area contributed by atoms with Gasteiger partial charge in [-0.05, 0) is 105 Å². The van der Waals surface area contributed by atoms with Gasteiger partial charge in [0.1, 0.15) is 0 Å². The van der Waals surface area contributed by atoms with Crippen molar-refractivity contribution in [3.8, 4) is 0 Å². The third-order valence-corrected chi connectivity index (χ3v) is 17.5. The Morgan fingerprint density at radius 2 is 0.829 bits per heavy atom. The second-order valence-electron chi connectivity index (χ2n) is 13.4. The van der Waals surface area contributed by atoms with Gasteiger partial charge in [0.25, 0.3) is 0 Å². The molecule has 2 saturated heterocycles. The summed E-state index contributed by atoms with van der Waals surface area (Å²) in [7, 11) is -0.921. The Balaban J connectivity index is 0.00000104. The molecule has 1 aromatic carbocycles. The molecule has 2 aliphatic rings. The summed E-state index contributed by atoms with van der Waals surface area (Å²) in [6.45, 7) is 20.6. The Kier molecular flexibility index (Phi) is 16.0. The van der Waals surface area contributed by atoms with Crippen molar-refractivity contribution < 1.29 is 67.1 Å². The topological polar surface area (TPSA) is 58.9 Å². The van der Waals surface area contributed by atoms with Crippen LogP contribution in [-0.4, -0.2) is 43.9 Å². The van der Waals surface area contributed by atoms with Gasteiger partial charge in [-0.1, -0.05) is 24.3 Å². The predicted octanol–water partition coefficient (Wildman–Crippen LogP) is 10.6. The predicted molar refractivity (Wildman–Crippen MR) is 154 cm³/mol. The van der Waals surface area contributed by atoms with Crippen LogP contribution in [0.5, 0.6) is 0 Å². The van der Waals surface area contributed by atoms with Crippen LogP contribution in [0.15, 0.2) is 24.3 Å². The molecule has 0 spiro atoms. The van der Waals surface area contributed by atoms with E-state index in [1.165, 1.54) is 50.8 Å². The van der Waals surface area contributed by atoms with E-state index in [2.05, 4.69) is 79.7 Å².